The van der Waals surface area contributed by atoms with Crippen LogP contribution in [-0.4, -0.2) is 18.6 Å². The maximum atomic E-state index is 5.90. The molecule has 1 heterocycles. The minimum absolute atomic E-state index is 0.487. The van der Waals surface area contributed by atoms with Crippen LogP contribution in [0.4, 0.5) is 0 Å². The predicted molar refractivity (Wildman–Crippen MR) is 64.3 cm³/mol. The van der Waals surface area contributed by atoms with Gasteiger partial charge in [-0.3, -0.25) is 0 Å². The average Bonchev–Trinajstić information content (AvgIpc) is 2.44. The Morgan fingerprint density at radius 3 is 2.71 bits per heavy atom. The van der Waals surface area contributed by atoms with E-state index in [1.807, 2.05) is 13.1 Å². The van der Waals surface area contributed by atoms with Gasteiger partial charge in [-0.1, -0.05) is 35.7 Å². The van der Waals surface area contributed by atoms with E-state index in [0.29, 0.717) is 9.62 Å². The monoisotopic (exact) mass is 250 g/mol. The maximum Gasteiger partial charge on any atom is 0.185 e. The number of thiazole rings is 1. The van der Waals surface area contributed by atoms with Gasteiger partial charge in [0.25, 0.3) is 0 Å². The Kier molecular flexibility index (Phi) is 4.89. The van der Waals surface area contributed by atoms with E-state index in [1.54, 1.807) is 0 Å². The number of likely N-dealkylation sites (N-methyl/N-ethyl adjacent to an activating group) is 1. The molecule has 0 spiro atoms. The molecule has 0 fully saturated rings. The zero-order chi connectivity index (χ0) is 10.6. The van der Waals surface area contributed by atoms with Gasteiger partial charge >= 0.3 is 0 Å². The average molecular weight is 251 g/mol. The summed E-state index contributed by atoms with van der Waals surface area (Å²) >= 11 is 13.0. The van der Waals surface area contributed by atoms with Crippen molar-refractivity contribution in [1.29, 1.82) is 0 Å². The quantitative estimate of drug-likeness (QED) is 0.886. The molecule has 0 atom stereocenters. The van der Waals surface area contributed by atoms with Gasteiger partial charge in [-0.2, -0.15) is 0 Å². The number of rotatable bonds is 4. The second kappa shape index (κ2) is 5.71. The SMILES string of the molecule is CCC(=Cc1sc(Cl)nc1Cl)CNC. The second-order valence-electron chi connectivity index (χ2n) is 2.81. The summed E-state index contributed by atoms with van der Waals surface area (Å²) in [5, 5.41) is 3.59. The lowest BCUT2D eigenvalue weighted by Gasteiger charge is -2.01. The van der Waals surface area contributed by atoms with E-state index in [-0.39, 0.29) is 0 Å². The molecule has 0 aromatic carbocycles. The maximum absolute atomic E-state index is 5.90. The van der Waals surface area contributed by atoms with E-state index in [4.69, 9.17) is 23.2 Å². The van der Waals surface area contributed by atoms with E-state index in [0.717, 1.165) is 17.8 Å². The summed E-state index contributed by atoms with van der Waals surface area (Å²) in [7, 11) is 1.92. The standard InChI is InChI=1S/C9H12Cl2N2S/c1-3-6(5-12-2)4-7-8(10)13-9(11)14-7/h4,12H,3,5H2,1-2H3. The van der Waals surface area contributed by atoms with Crippen molar-refractivity contribution >= 4 is 40.6 Å². The molecule has 1 N–H and O–H groups in total. The minimum Gasteiger partial charge on any atom is -0.316 e. The summed E-state index contributed by atoms with van der Waals surface area (Å²) in [6.45, 7) is 2.97. The van der Waals surface area contributed by atoms with Crippen molar-refractivity contribution in [3.05, 3.63) is 20.1 Å². The van der Waals surface area contributed by atoms with E-state index >= 15 is 0 Å². The van der Waals surface area contributed by atoms with Crippen LogP contribution < -0.4 is 5.32 Å². The first-order valence-corrected chi connectivity index (χ1v) is 5.90. The molecule has 78 valence electrons. The predicted octanol–water partition coefficient (Wildman–Crippen LogP) is 3.46. The molecule has 0 saturated carbocycles. The smallest absolute Gasteiger partial charge is 0.185 e. The summed E-state index contributed by atoms with van der Waals surface area (Å²) in [6.07, 6.45) is 3.04. The van der Waals surface area contributed by atoms with Gasteiger partial charge < -0.3 is 5.32 Å². The zero-order valence-corrected chi connectivity index (χ0v) is 10.4. The highest BCUT2D eigenvalue weighted by Gasteiger charge is 2.05. The van der Waals surface area contributed by atoms with Crippen molar-refractivity contribution in [1.82, 2.24) is 10.3 Å². The van der Waals surface area contributed by atoms with Gasteiger partial charge in [0.2, 0.25) is 0 Å². The Bertz CT molecular complexity index is 334. The highest BCUT2D eigenvalue weighted by molar-refractivity contribution is 7.17. The van der Waals surface area contributed by atoms with Gasteiger partial charge in [-0.15, -0.1) is 11.3 Å². The Balaban J connectivity index is 2.87. The Morgan fingerprint density at radius 2 is 2.29 bits per heavy atom. The van der Waals surface area contributed by atoms with Crippen LogP contribution in [0.3, 0.4) is 0 Å². The molecule has 2 nitrogen and oxygen atoms in total. The van der Waals surface area contributed by atoms with E-state index < -0.39 is 0 Å². The van der Waals surface area contributed by atoms with Crippen LogP contribution >= 0.6 is 34.5 Å². The Morgan fingerprint density at radius 1 is 1.57 bits per heavy atom. The third-order valence-electron chi connectivity index (χ3n) is 1.78. The molecule has 1 aromatic rings. The number of halogens is 2. The lowest BCUT2D eigenvalue weighted by atomic mass is 10.2. The molecule has 5 heteroatoms. The van der Waals surface area contributed by atoms with Crippen LogP contribution in [0.15, 0.2) is 5.57 Å². The van der Waals surface area contributed by atoms with Crippen LogP contribution in [-0.2, 0) is 0 Å². The fraction of sp³-hybridized carbons (Fsp3) is 0.444. The summed E-state index contributed by atoms with van der Waals surface area (Å²) < 4.78 is 0.487. The zero-order valence-electron chi connectivity index (χ0n) is 8.10. The first-order chi connectivity index (χ1) is 6.67. The van der Waals surface area contributed by atoms with Crippen molar-refractivity contribution < 1.29 is 0 Å². The number of hydrogen-bond donors (Lipinski definition) is 1. The fourth-order valence-corrected chi connectivity index (χ4v) is 2.42. The first kappa shape index (κ1) is 12.0. The minimum atomic E-state index is 0.487. The molecule has 0 unspecified atom stereocenters. The molecule has 0 aliphatic heterocycles. The summed E-state index contributed by atoms with van der Waals surface area (Å²) in [6, 6.07) is 0. The van der Waals surface area contributed by atoms with E-state index in [1.165, 1.54) is 16.9 Å². The van der Waals surface area contributed by atoms with Crippen molar-refractivity contribution in [3.8, 4) is 0 Å². The molecule has 0 bridgehead atoms. The van der Waals surface area contributed by atoms with Crippen LogP contribution in [0.2, 0.25) is 9.62 Å². The lowest BCUT2D eigenvalue weighted by Crippen LogP contribution is -2.09. The Hall–Kier alpha value is -0.0900. The molecule has 0 saturated heterocycles. The van der Waals surface area contributed by atoms with Gasteiger partial charge in [0, 0.05) is 6.54 Å². The first-order valence-electron chi connectivity index (χ1n) is 4.33. The number of hydrogen-bond acceptors (Lipinski definition) is 3. The number of aromatic nitrogens is 1. The molecule has 0 amide bonds. The van der Waals surface area contributed by atoms with E-state index in [9.17, 15) is 0 Å². The topological polar surface area (TPSA) is 24.9 Å². The molecule has 0 radical (unpaired) electrons. The van der Waals surface area contributed by atoms with Crippen LogP contribution in [0.25, 0.3) is 6.08 Å². The molecule has 0 aliphatic rings. The summed E-state index contributed by atoms with van der Waals surface area (Å²) in [4.78, 5) is 4.88. The van der Waals surface area contributed by atoms with Gasteiger partial charge in [0.1, 0.15) is 5.15 Å². The lowest BCUT2D eigenvalue weighted by molar-refractivity contribution is 0.851. The summed E-state index contributed by atoms with van der Waals surface area (Å²) in [5.74, 6) is 0. The highest BCUT2D eigenvalue weighted by Crippen LogP contribution is 2.28. The van der Waals surface area contributed by atoms with Gasteiger partial charge in [-0.05, 0) is 19.5 Å². The number of nitrogens with zero attached hydrogens (tertiary/aromatic N) is 1. The highest BCUT2D eigenvalue weighted by atomic mass is 35.5. The molecule has 14 heavy (non-hydrogen) atoms. The molecule has 1 aromatic heterocycles. The van der Waals surface area contributed by atoms with Gasteiger partial charge in [0.15, 0.2) is 4.47 Å². The largest absolute Gasteiger partial charge is 0.316 e. The fourth-order valence-electron chi connectivity index (χ4n) is 1.07. The Labute approximate surface area is 97.9 Å². The van der Waals surface area contributed by atoms with Crippen molar-refractivity contribution in [2.24, 2.45) is 0 Å². The van der Waals surface area contributed by atoms with Crippen molar-refractivity contribution in [2.45, 2.75) is 13.3 Å². The van der Waals surface area contributed by atoms with E-state index in [2.05, 4.69) is 17.2 Å². The molecular weight excluding hydrogens is 239 g/mol. The van der Waals surface area contributed by atoms with Crippen molar-refractivity contribution in [3.63, 3.8) is 0 Å². The molecule has 1 rings (SSSR count). The molecule has 0 aliphatic carbocycles. The van der Waals surface area contributed by atoms with Crippen molar-refractivity contribution in [2.75, 3.05) is 13.6 Å². The van der Waals surface area contributed by atoms with Crippen LogP contribution in [0.5, 0.6) is 0 Å². The van der Waals surface area contributed by atoms with Crippen LogP contribution in [0, 0.1) is 0 Å². The number of nitrogens with one attached hydrogen (secondary N) is 1. The molecular formula is C9H12Cl2N2S. The third-order valence-corrected chi connectivity index (χ3v) is 3.28. The van der Waals surface area contributed by atoms with Gasteiger partial charge in [0.05, 0.1) is 4.88 Å². The third kappa shape index (κ3) is 3.24. The summed E-state index contributed by atoms with van der Waals surface area (Å²) in [5.41, 5.74) is 1.29. The van der Waals surface area contributed by atoms with Crippen LogP contribution in [0.1, 0.15) is 18.2 Å². The van der Waals surface area contributed by atoms with Gasteiger partial charge in [-0.25, -0.2) is 4.98 Å². The normalized spacial score (nSPS) is 12.1. The second-order valence-corrected chi connectivity index (χ2v) is 4.78.